The van der Waals surface area contributed by atoms with E-state index in [4.69, 9.17) is 45.9 Å². The zero-order valence-electron chi connectivity index (χ0n) is 10.4. The zero-order chi connectivity index (χ0) is 14.7. The number of urea groups is 1. The molecule has 1 aromatic carbocycles. The molecule has 0 aliphatic carbocycles. The van der Waals surface area contributed by atoms with Crippen molar-refractivity contribution in [3.63, 3.8) is 0 Å². The number of nitrogens with two attached hydrogens (primary N) is 1. The minimum atomic E-state index is -0.404. The molecule has 3 N–H and O–H groups in total. The van der Waals surface area contributed by atoms with E-state index in [-0.39, 0.29) is 11.0 Å². The predicted molar refractivity (Wildman–Crippen MR) is 83.6 cm³/mol. The van der Waals surface area contributed by atoms with Crippen molar-refractivity contribution in [3.8, 4) is 0 Å². The number of thiocarbonyl (C=S) groups is 1. The van der Waals surface area contributed by atoms with Gasteiger partial charge in [-0.05, 0) is 18.2 Å². The number of rotatable bonds is 2. The Morgan fingerprint density at radius 1 is 1.45 bits per heavy atom. The third-order valence-corrected chi connectivity index (χ3v) is 3.84. The fourth-order valence-electron chi connectivity index (χ4n) is 1.78. The Hall–Kier alpha value is -1.08. The van der Waals surface area contributed by atoms with E-state index in [0.29, 0.717) is 35.4 Å². The van der Waals surface area contributed by atoms with Crippen LogP contribution in [-0.2, 0) is 4.74 Å². The van der Waals surface area contributed by atoms with Crippen molar-refractivity contribution in [3.05, 3.63) is 28.2 Å². The van der Waals surface area contributed by atoms with Crippen LogP contribution < -0.4 is 11.1 Å². The van der Waals surface area contributed by atoms with Crippen LogP contribution in [0.25, 0.3) is 0 Å². The van der Waals surface area contributed by atoms with Crippen LogP contribution in [0, 0.1) is 0 Å². The number of carbonyl (C=O) groups excluding carboxylic acids is 1. The lowest BCUT2D eigenvalue weighted by atomic mass is 10.3. The predicted octanol–water partition coefficient (Wildman–Crippen LogP) is 2.51. The Kier molecular flexibility index (Phi) is 5.04. The highest BCUT2D eigenvalue weighted by Gasteiger charge is 2.25. The van der Waals surface area contributed by atoms with E-state index in [0.717, 1.165) is 0 Å². The van der Waals surface area contributed by atoms with Gasteiger partial charge in [0, 0.05) is 12.2 Å². The standard InChI is InChI=1S/C12H13Cl2N3O2S/c13-8-2-1-7(5-9(8)14)16-12(18)17-3-4-19-10(6-17)11(15)20/h1-2,5,10H,3-4,6H2,(H2,15,20)(H,16,18). The minimum Gasteiger partial charge on any atom is -0.391 e. The van der Waals surface area contributed by atoms with Gasteiger partial charge >= 0.3 is 6.03 Å². The number of amides is 2. The molecule has 1 unspecified atom stereocenters. The molecule has 1 aliphatic rings. The summed E-state index contributed by atoms with van der Waals surface area (Å²) in [6.07, 6.45) is -0.404. The van der Waals surface area contributed by atoms with Crippen LogP contribution in [0.5, 0.6) is 0 Å². The quantitative estimate of drug-likeness (QED) is 0.816. The molecule has 1 atom stereocenters. The lowest BCUT2D eigenvalue weighted by molar-refractivity contribution is 0.0251. The molecule has 1 aliphatic heterocycles. The van der Waals surface area contributed by atoms with Crippen molar-refractivity contribution in [1.82, 2.24) is 4.90 Å². The van der Waals surface area contributed by atoms with E-state index in [9.17, 15) is 4.79 Å². The molecule has 1 saturated heterocycles. The summed E-state index contributed by atoms with van der Waals surface area (Å²) in [5, 5.41) is 3.56. The van der Waals surface area contributed by atoms with Crippen LogP contribution in [0.15, 0.2) is 18.2 Å². The van der Waals surface area contributed by atoms with E-state index in [1.54, 1.807) is 23.1 Å². The first-order valence-corrected chi connectivity index (χ1v) is 7.05. The first-order chi connectivity index (χ1) is 9.47. The van der Waals surface area contributed by atoms with Crippen LogP contribution in [0.1, 0.15) is 0 Å². The fourth-order valence-corrected chi connectivity index (χ4v) is 2.22. The molecule has 20 heavy (non-hydrogen) atoms. The summed E-state index contributed by atoms with van der Waals surface area (Å²) in [5.74, 6) is 0. The van der Waals surface area contributed by atoms with Gasteiger partial charge in [0.1, 0.15) is 11.1 Å². The number of ether oxygens (including phenoxy) is 1. The lowest BCUT2D eigenvalue weighted by Gasteiger charge is -2.32. The average molecular weight is 334 g/mol. The summed E-state index contributed by atoms with van der Waals surface area (Å²) in [6.45, 7) is 1.21. The molecule has 108 valence electrons. The van der Waals surface area contributed by atoms with Crippen molar-refractivity contribution in [2.24, 2.45) is 5.73 Å². The van der Waals surface area contributed by atoms with Crippen LogP contribution >= 0.6 is 35.4 Å². The second kappa shape index (κ2) is 6.58. The Balaban J connectivity index is 2.00. The molecule has 5 nitrogen and oxygen atoms in total. The van der Waals surface area contributed by atoms with Crippen molar-refractivity contribution >= 4 is 52.1 Å². The summed E-state index contributed by atoms with van der Waals surface area (Å²) in [6, 6.07) is 4.63. The van der Waals surface area contributed by atoms with Gasteiger partial charge in [0.05, 0.1) is 23.2 Å². The monoisotopic (exact) mass is 333 g/mol. The lowest BCUT2D eigenvalue weighted by Crippen LogP contribution is -2.51. The van der Waals surface area contributed by atoms with Crippen molar-refractivity contribution in [2.45, 2.75) is 6.10 Å². The number of nitrogens with one attached hydrogen (secondary N) is 1. The molecule has 2 rings (SSSR count). The maximum atomic E-state index is 12.1. The van der Waals surface area contributed by atoms with Crippen molar-refractivity contribution in [2.75, 3.05) is 25.0 Å². The molecule has 0 bridgehead atoms. The number of hydrogen-bond acceptors (Lipinski definition) is 3. The third kappa shape index (κ3) is 3.73. The number of benzene rings is 1. The van der Waals surface area contributed by atoms with E-state index in [1.165, 1.54) is 0 Å². The normalized spacial score (nSPS) is 18.7. The number of carbonyl (C=O) groups is 1. The highest BCUT2D eigenvalue weighted by molar-refractivity contribution is 7.80. The Labute approximate surface area is 132 Å². The summed E-state index contributed by atoms with van der Waals surface area (Å²) in [7, 11) is 0. The number of hydrogen-bond donors (Lipinski definition) is 2. The zero-order valence-corrected chi connectivity index (χ0v) is 12.8. The van der Waals surface area contributed by atoms with Crippen LogP contribution in [-0.4, -0.2) is 41.7 Å². The van der Waals surface area contributed by atoms with Crippen molar-refractivity contribution < 1.29 is 9.53 Å². The first kappa shape index (κ1) is 15.3. The third-order valence-electron chi connectivity index (χ3n) is 2.84. The summed E-state index contributed by atoms with van der Waals surface area (Å²) >= 11 is 16.6. The van der Waals surface area contributed by atoms with Gasteiger partial charge in [-0.1, -0.05) is 35.4 Å². The molecule has 1 aromatic rings. The van der Waals surface area contributed by atoms with Crippen LogP contribution in [0.4, 0.5) is 10.5 Å². The maximum Gasteiger partial charge on any atom is 0.322 e. The molecule has 0 spiro atoms. The van der Waals surface area contributed by atoms with Gasteiger partial charge in [-0.15, -0.1) is 0 Å². The number of halogens is 2. The smallest absolute Gasteiger partial charge is 0.322 e. The highest BCUT2D eigenvalue weighted by atomic mass is 35.5. The van der Waals surface area contributed by atoms with Crippen molar-refractivity contribution in [1.29, 1.82) is 0 Å². The van der Waals surface area contributed by atoms with Gasteiger partial charge in [-0.2, -0.15) is 0 Å². The second-order valence-electron chi connectivity index (χ2n) is 4.27. The minimum absolute atomic E-state index is 0.247. The molecular formula is C12H13Cl2N3O2S. The summed E-state index contributed by atoms with van der Waals surface area (Å²) in [5.41, 5.74) is 6.11. The molecule has 0 aromatic heterocycles. The number of morpholine rings is 1. The Morgan fingerprint density at radius 3 is 2.85 bits per heavy atom. The Morgan fingerprint density at radius 2 is 2.20 bits per heavy atom. The second-order valence-corrected chi connectivity index (χ2v) is 5.55. The SMILES string of the molecule is NC(=S)C1CN(C(=O)Nc2ccc(Cl)c(Cl)c2)CCO1. The molecule has 0 saturated carbocycles. The Bertz CT molecular complexity index is 541. The molecule has 0 radical (unpaired) electrons. The molecule has 1 heterocycles. The number of nitrogens with zero attached hydrogens (tertiary/aromatic N) is 1. The van der Waals surface area contributed by atoms with E-state index < -0.39 is 6.10 Å². The maximum absolute atomic E-state index is 12.1. The van der Waals surface area contributed by atoms with E-state index in [1.807, 2.05) is 0 Å². The van der Waals surface area contributed by atoms with E-state index in [2.05, 4.69) is 5.32 Å². The summed E-state index contributed by atoms with van der Waals surface area (Å²) in [4.78, 5) is 14.0. The summed E-state index contributed by atoms with van der Waals surface area (Å²) < 4.78 is 5.38. The largest absolute Gasteiger partial charge is 0.391 e. The van der Waals surface area contributed by atoms with Gasteiger partial charge < -0.3 is 20.7 Å². The van der Waals surface area contributed by atoms with Gasteiger partial charge in [-0.25, -0.2) is 4.79 Å². The van der Waals surface area contributed by atoms with Gasteiger partial charge in [0.2, 0.25) is 0 Å². The molecule has 2 amide bonds. The van der Waals surface area contributed by atoms with Gasteiger partial charge in [0.15, 0.2) is 0 Å². The van der Waals surface area contributed by atoms with Gasteiger partial charge in [-0.3, -0.25) is 0 Å². The molecule has 1 fully saturated rings. The topological polar surface area (TPSA) is 67.6 Å². The highest BCUT2D eigenvalue weighted by Crippen LogP contribution is 2.25. The first-order valence-electron chi connectivity index (χ1n) is 5.89. The molecule has 8 heteroatoms. The van der Waals surface area contributed by atoms with Crippen LogP contribution in [0.2, 0.25) is 10.0 Å². The average Bonchev–Trinajstić information content (AvgIpc) is 2.43. The van der Waals surface area contributed by atoms with E-state index >= 15 is 0 Å². The number of anilines is 1. The van der Waals surface area contributed by atoms with Gasteiger partial charge in [0.25, 0.3) is 0 Å². The molecular weight excluding hydrogens is 321 g/mol. The fraction of sp³-hybridized carbons (Fsp3) is 0.333. The van der Waals surface area contributed by atoms with Crippen LogP contribution in [0.3, 0.4) is 0 Å².